The molecule has 0 amide bonds. The van der Waals surface area contributed by atoms with Crippen LogP contribution in [-0.2, 0) is 0 Å². The zero-order chi connectivity index (χ0) is 7.40. The first kappa shape index (κ1) is 9.44. The van der Waals surface area contributed by atoms with Crippen molar-refractivity contribution in [2.24, 2.45) is 0 Å². The highest BCUT2D eigenvalue weighted by atomic mass is 16.5. The third-order valence-corrected chi connectivity index (χ3v) is 0.977. The summed E-state index contributed by atoms with van der Waals surface area (Å²) in [5.41, 5.74) is 0.654. The van der Waals surface area contributed by atoms with Gasteiger partial charge in [-0.15, -0.1) is 6.42 Å². The van der Waals surface area contributed by atoms with Crippen LogP contribution in [0.5, 0.6) is 6.01 Å². The van der Waals surface area contributed by atoms with E-state index < -0.39 is 0 Å². The minimum absolute atomic E-state index is 0. The van der Waals surface area contributed by atoms with Gasteiger partial charge < -0.3 is 4.74 Å². The van der Waals surface area contributed by atoms with E-state index in [4.69, 9.17) is 11.2 Å². The second kappa shape index (κ2) is 4.29. The van der Waals surface area contributed by atoms with Gasteiger partial charge in [-0.3, -0.25) is 0 Å². The van der Waals surface area contributed by atoms with Crippen molar-refractivity contribution in [2.45, 2.75) is 7.43 Å². The van der Waals surface area contributed by atoms with E-state index in [1.165, 1.54) is 19.5 Å². The summed E-state index contributed by atoms with van der Waals surface area (Å²) >= 11 is 0. The molecule has 1 aromatic heterocycles. The number of ether oxygens (including phenoxy) is 1. The topological polar surface area (TPSA) is 35.0 Å². The molecule has 1 rings (SSSR count). The van der Waals surface area contributed by atoms with Crippen LogP contribution in [0.3, 0.4) is 0 Å². The molecule has 0 aliphatic heterocycles. The first-order valence-electron chi connectivity index (χ1n) is 2.69. The van der Waals surface area contributed by atoms with Gasteiger partial charge in [0.2, 0.25) is 0 Å². The van der Waals surface area contributed by atoms with E-state index in [0.29, 0.717) is 11.6 Å². The molecule has 11 heavy (non-hydrogen) atoms. The molecule has 0 N–H and O–H groups in total. The van der Waals surface area contributed by atoms with E-state index in [9.17, 15) is 0 Å². The minimum atomic E-state index is 0. The molecular formula is C8H10N2O. The highest BCUT2D eigenvalue weighted by Gasteiger charge is 1.91. The molecule has 1 aromatic rings. The zero-order valence-electron chi connectivity index (χ0n) is 5.53. The lowest BCUT2D eigenvalue weighted by Crippen LogP contribution is -1.90. The molecule has 0 aliphatic carbocycles. The van der Waals surface area contributed by atoms with Crippen molar-refractivity contribution in [1.82, 2.24) is 9.97 Å². The standard InChI is InChI=1S/C7H6N2O.CH4/c1-3-6-4-8-7(10-2)9-5-6;/h1,4-5H,2H3;1H4. The summed E-state index contributed by atoms with van der Waals surface area (Å²) in [5, 5.41) is 0. The van der Waals surface area contributed by atoms with Crippen LogP contribution in [0.2, 0.25) is 0 Å². The molecule has 0 aromatic carbocycles. The SMILES string of the molecule is C.C#Cc1cnc(OC)nc1. The first-order valence-corrected chi connectivity index (χ1v) is 2.69. The van der Waals surface area contributed by atoms with Crippen molar-refractivity contribution in [3.05, 3.63) is 18.0 Å². The molecule has 0 unspecified atom stereocenters. The van der Waals surface area contributed by atoms with Gasteiger partial charge in [0.25, 0.3) is 0 Å². The number of nitrogens with zero attached hydrogens (tertiary/aromatic N) is 2. The minimum Gasteiger partial charge on any atom is -0.467 e. The molecule has 0 atom stereocenters. The van der Waals surface area contributed by atoms with Crippen molar-refractivity contribution in [2.75, 3.05) is 7.11 Å². The summed E-state index contributed by atoms with van der Waals surface area (Å²) < 4.78 is 4.72. The van der Waals surface area contributed by atoms with Gasteiger partial charge in [-0.05, 0) is 0 Å². The fraction of sp³-hybridized carbons (Fsp3) is 0.250. The molecule has 1 heterocycles. The average Bonchev–Trinajstić information content (AvgIpc) is 2.05. The van der Waals surface area contributed by atoms with Crippen LogP contribution in [-0.4, -0.2) is 17.1 Å². The van der Waals surface area contributed by atoms with Gasteiger partial charge in [0, 0.05) is 12.4 Å². The number of methoxy groups -OCH3 is 1. The molecule has 0 spiro atoms. The fourth-order valence-corrected chi connectivity index (χ4v) is 0.496. The van der Waals surface area contributed by atoms with Gasteiger partial charge in [0.05, 0.1) is 12.7 Å². The molecule has 0 bridgehead atoms. The van der Waals surface area contributed by atoms with E-state index >= 15 is 0 Å². The quantitative estimate of drug-likeness (QED) is 0.562. The number of rotatable bonds is 1. The lowest BCUT2D eigenvalue weighted by molar-refractivity contribution is 0.379. The Labute approximate surface area is 66.4 Å². The summed E-state index contributed by atoms with van der Waals surface area (Å²) in [6.45, 7) is 0. The van der Waals surface area contributed by atoms with Gasteiger partial charge in [-0.25, -0.2) is 9.97 Å². The van der Waals surface area contributed by atoms with Crippen LogP contribution in [0.4, 0.5) is 0 Å². The molecule has 58 valence electrons. The maximum atomic E-state index is 5.07. The maximum absolute atomic E-state index is 5.07. The van der Waals surface area contributed by atoms with E-state index in [0.717, 1.165) is 0 Å². The number of aromatic nitrogens is 2. The second-order valence-electron chi connectivity index (χ2n) is 1.60. The van der Waals surface area contributed by atoms with Crippen molar-refractivity contribution in [1.29, 1.82) is 0 Å². The highest BCUT2D eigenvalue weighted by molar-refractivity contribution is 5.26. The molecule has 0 radical (unpaired) electrons. The Hall–Kier alpha value is -1.56. The van der Waals surface area contributed by atoms with Gasteiger partial charge in [-0.1, -0.05) is 13.3 Å². The second-order valence-corrected chi connectivity index (χ2v) is 1.60. The van der Waals surface area contributed by atoms with Crippen LogP contribution in [0.15, 0.2) is 12.4 Å². The van der Waals surface area contributed by atoms with E-state index in [2.05, 4.69) is 15.9 Å². The molecular weight excluding hydrogens is 140 g/mol. The normalized spacial score (nSPS) is 7.64. The zero-order valence-corrected chi connectivity index (χ0v) is 5.53. The predicted molar refractivity (Wildman–Crippen MR) is 43.3 cm³/mol. The van der Waals surface area contributed by atoms with Crippen LogP contribution in [0.1, 0.15) is 13.0 Å². The summed E-state index contributed by atoms with van der Waals surface area (Å²) in [6, 6.07) is 0.332. The van der Waals surface area contributed by atoms with Crippen LogP contribution < -0.4 is 4.74 Å². The Morgan fingerprint density at radius 3 is 2.36 bits per heavy atom. The molecule has 0 saturated heterocycles. The average molecular weight is 150 g/mol. The Morgan fingerprint density at radius 2 is 2.00 bits per heavy atom. The van der Waals surface area contributed by atoms with E-state index in [1.54, 1.807) is 0 Å². The predicted octanol–water partition coefficient (Wildman–Crippen LogP) is 1.10. The van der Waals surface area contributed by atoms with Crippen LogP contribution in [0.25, 0.3) is 0 Å². The van der Waals surface area contributed by atoms with Crippen molar-refractivity contribution in [3.63, 3.8) is 0 Å². The fourth-order valence-electron chi connectivity index (χ4n) is 0.496. The third-order valence-electron chi connectivity index (χ3n) is 0.977. The highest BCUT2D eigenvalue weighted by Crippen LogP contribution is 1.98. The van der Waals surface area contributed by atoms with Crippen LogP contribution in [0, 0.1) is 12.3 Å². The van der Waals surface area contributed by atoms with Gasteiger partial charge in [0.1, 0.15) is 0 Å². The molecule has 0 aliphatic rings. The number of hydrogen-bond donors (Lipinski definition) is 0. The smallest absolute Gasteiger partial charge is 0.316 e. The largest absolute Gasteiger partial charge is 0.467 e. The van der Waals surface area contributed by atoms with Crippen molar-refractivity contribution >= 4 is 0 Å². The maximum Gasteiger partial charge on any atom is 0.316 e. The summed E-state index contributed by atoms with van der Waals surface area (Å²) in [5.74, 6) is 2.40. The Morgan fingerprint density at radius 1 is 1.45 bits per heavy atom. The van der Waals surface area contributed by atoms with Gasteiger partial charge >= 0.3 is 6.01 Å². The lowest BCUT2D eigenvalue weighted by Gasteiger charge is -1.93. The first-order chi connectivity index (χ1) is 4.86. The van der Waals surface area contributed by atoms with Gasteiger partial charge in [-0.2, -0.15) is 0 Å². The van der Waals surface area contributed by atoms with Gasteiger partial charge in [0.15, 0.2) is 0 Å². The number of hydrogen-bond acceptors (Lipinski definition) is 3. The summed E-state index contributed by atoms with van der Waals surface area (Å²) in [7, 11) is 1.50. The Balaban J connectivity index is 0.000001000. The molecule has 3 nitrogen and oxygen atoms in total. The summed E-state index contributed by atoms with van der Waals surface area (Å²) in [6.07, 6.45) is 8.14. The third kappa shape index (κ3) is 2.26. The Kier molecular flexibility index (Phi) is 3.68. The Bertz CT molecular complexity index is 248. The van der Waals surface area contributed by atoms with E-state index in [-0.39, 0.29) is 7.43 Å². The number of terminal acetylenes is 1. The molecule has 3 heteroatoms. The molecule has 0 fully saturated rings. The monoisotopic (exact) mass is 150 g/mol. The summed E-state index contributed by atoms with van der Waals surface area (Å²) in [4.78, 5) is 7.58. The van der Waals surface area contributed by atoms with E-state index in [1.807, 2.05) is 0 Å². The van der Waals surface area contributed by atoms with Crippen molar-refractivity contribution < 1.29 is 4.74 Å². The van der Waals surface area contributed by atoms with Crippen LogP contribution >= 0.6 is 0 Å². The lowest BCUT2D eigenvalue weighted by atomic mass is 10.4. The van der Waals surface area contributed by atoms with Crippen molar-refractivity contribution in [3.8, 4) is 18.4 Å². The molecule has 0 saturated carbocycles.